The lowest BCUT2D eigenvalue weighted by Gasteiger charge is -2.22. The maximum Gasteiger partial charge on any atom is 0.163 e. The lowest BCUT2D eigenvalue weighted by Crippen LogP contribution is -2.35. The number of nitrogens with one attached hydrogen (secondary N) is 1. The van der Waals surface area contributed by atoms with E-state index in [1.807, 2.05) is 43.3 Å². The minimum atomic E-state index is 0.00827. The van der Waals surface area contributed by atoms with Gasteiger partial charge in [0.15, 0.2) is 11.5 Å². The van der Waals surface area contributed by atoms with Crippen LogP contribution in [0.4, 0.5) is 0 Å². The molecule has 0 aliphatic carbocycles. The van der Waals surface area contributed by atoms with Crippen molar-refractivity contribution in [2.75, 3.05) is 6.61 Å². The summed E-state index contributed by atoms with van der Waals surface area (Å²) in [5.41, 5.74) is 1.90. The fraction of sp³-hybridized carbons (Fsp3) is 0.400. The predicted molar refractivity (Wildman–Crippen MR) is 105 cm³/mol. The Morgan fingerprint density at radius 1 is 0.920 bits per heavy atom. The second kappa shape index (κ2) is 8.79. The summed E-state index contributed by atoms with van der Waals surface area (Å²) < 4.78 is 11.7. The van der Waals surface area contributed by atoms with Gasteiger partial charge in [-0.3, -0.25) is 0 Å². The molecule has 0 bridgehead atoms. The summed E-state index contributed by atoms with van der Waals surface area (Å²) in [6.45, 7) is 9.86. The summed E-state index contributed by atoms with van der Waals surface area (Å²) in [6.07, 6.45) is 0. The number of benzene rings is 2. The first-order valence-electron chi connectivity index (χ1n) is 8.36. The van der Waals surface area contributed by atoms with Gasteiger partial charge in [-0.2, -0.15) is 0 Å². The van der Waals surface area contributed by atoms with Crippen LogP contribution in [-0.4, -0.2) is 12.1 Å². The van der Waals surface area contributed by atoms with Crippen LogP contribution in [0, 0.1) is 0 Å². The van der Waals surface area contributed by atoms with E-state index in [4.69, 9.17) is 32.7 Å². The van der Waals surface area contributed by atoms with Crippen LogP contribution in [0.1, 0.15) is 38.8 Å². The molecule has 0 saturated heterocycles. The van der Waals surface area contributed by atoms with Crippen molar-refractivity contribution in [3.63, 3.8) is 0 Å². The van der Waals surface area contributed by atoms with Gasteiger partial charge in [0.1, 0.15) is 6.61 Å². The average molecular weight is 382 g/mol. The Bertz CT molecular complexity index is 711. The Hall–Kier alpha value is -1.42. The first kappa shape index (κ1) is 19.9. The van der Waals surface area contributed by atoms with Gasteiger partial charge in [-0.05, 0) is 45.4 Å². The van der Waals surface area contributed by atoms with Crippen LogP contribution in [-0.2, 0) is 13.2 Å². The summed E-state index contributed by atoms with van der Waals surface area (Å²) >= 11 is 12.6. The summed E-state index contributed by atoms with van der Waals surface area (Å²) in [5.74, 6) is 1.30. The lowest BCUT2D eigenvalue weighted by atomic mass is 10.1. The highest BCUT2D eigenvalue weighted by Crippen LogP contribution is 2.34. The molecule has 2 aromatic rings. The second-order valence-electron chi connectivity index (χ2n) is 6.81. The Morgan fingerprint density at radius 3 is 2.24 bits per heavy atom. The minimum Gasteiger partial charge on any atom is -0.490 e. The third kappa shape index (κ3) is 6.10. The third-order valence-electron chi connectivity index (χ3n) is 3.56. The zero-order valence-electron chi connectivity index (χ0n) is 15.2. The molecule has 136 valence electrons. The molecule has 2 rings (SSSR count). The molecular formula is C20H25Cl2NO2. The predicted octanol–water partition coefficient (Wildman–Crippen LogP) is 5.86. The van der Waals surface area contributed by atoms with Crippen molar-refractivity contribution >= 4 is 23.2 Å². The highest BCUT2D eigenvalue weighted by Gasteiger charge is 2.15. The first-order valence-corrected chi connectivity index (χ1v) is 9.12. The van der Waals surface area contributed by atoms with Crippen LogP contribution in [0.15, 0.2) is 36.4 Å². The van der Waals surface area contributed by atoms with Crippen LogP contribution in [0.25, 0.3) is 0 Å². The van der Waals surface area contributed by atoms with Gasteiger partial charge in [-0.25, -0.2) is 0 Å². The quantitative estimate of drug-likeness (QED) is 0.651. The van der Waals surface area contributed by atoms with Crippen LogP contribution in [0.3, 0.4) is 0 Å². The van der Waals surface area contributed by atoms with Crippen LogP contribution >= 0.6 is 23.2 Å². The molecule has 5 heteroatoms. The topological polar surface area (TPSA) is 30.5 Å². The van der Waals surface area contributed by atoms with Crippen molar-refractivity contribution in [2.24, 2.45) is 0 Å². The Morgan fingerprint density at radius 2 is 1.60 bits per heavy atom. The van der Waals surface area contributed by atoms with E-state index in [1.165, 1.54) is 0 Å². The fourth-order valence-corrected chi connectivity index (χ4v) is 2.64. The van der Waals surface area contributed by atoms with Crippen molar-refractivity contribution in [3.05, 3.63) is 57.6 Å². The fourth-order valence-electron chi connectivity index (χ4n) is 2.23. The molecule has 0 heterocycles. The standard InChI is InChI=1S/C20H25Cl2NO2/c1-5-24-18-10-15(12-23-20(2,3)4)17(22)11-19(18)25-13-14-8-6-7-9-16(14)21/h6-11,23H,5,12-13H2,1-4H3. The van der Waals surface area contributed by atoms with Crippen molar-refractivity contribution in [1.29, 1.82) is 0 Å². The van der Waals surface area contributed by atoms with Crippen molar-refractivity contribution in [3.8, 4) is 11.5 Å². The number of ether oxygens (including phenoxy) is 2. The van der Waals surface area contributed by atoms with Gasteiger partial charge < -0.3 is 14.8 Å². The average Bonchev–Trinajstić information content (AvgIpc) is 2.54. The van der Waals surface area contributed by atoms with Gasteiger partial charge in [0.2, 0.25) is 0 Å². The first-order chi connectivity index (χ1) is 11.8. The minimum absolute atomic E-state index is 0.00827. The molecule has 0 aliphatic heterocycles. The van der Waals surface area contributed by atoms with Gasteiger partial charge >= 0.3 is 0 Å². The van der Waals surface area contributed by atoms with E-state index in [-0.39, 0.29) is 5.54 Å². The molecule has 25 heavy (non-hydrogen) atoms. The van der Waals surface area contributed by atoms with E-state index in [9.17, 15) is 0 Å². The van der Waals surface area contributed by atoms with Crippen molar-refractivity contribution in [2.45, 2.75) is 46.4 Å². The van der Waals surface area contributed by atoms with Gasteiger partial charge in [-0.15, -0.1) is 0 Å². The molecular weight excluding hydrogens is 357 g/mol. The van der Waals surface area contributed by atoms with Gasteiger partial charge in [0, 0.05) is 33.8 Å². The molecule has 0 spiro atoms. The monoisotopic (exact) mass is 381 g/mol. The molecule has 0 fully saturated rings. The molecule has 0 radical (unpaired) electrons. The van der Waals surface area contributed by atoms with E-state index in [1.54, 1.807) is 0 Å². The van der Waals surface area contributed by atoms with E-state index < -0.39 is 0 Å². The Balaban J connectivity index is 2.19. The second-order valence-corrected chi connectivity index (χ2v) is 7.62. The van der Waals surface area contributed by atoms with Gasteiger partial charge in [-0.1, -0.05) is 41.4 Å². The third-order valence-corrected chi connectivity index (χ3v) is 4.28. The van der Waals surface area contributed by atoms with Gasteiger partial charge in [0.25, 0.3) is 0 Å². The summed E-state index contributed by atoms with van der Waals surface area (Å²) in [4.78, 5) is 0. The molecule has 2 aromatic carbocycles. The van der Waals surface area contributed by atoms with E-state index in [2.05, 4.69) is 26.1 Å². The number of hydrogen-bond donors (Lipinski definition) is 1. The largest absolute Gasteiger partial charge is 0.490 e. The molecule has 1 N–H and O–H groups in total. The zero-order valence-corrected chi connectivity index (χ0v) is 16.7. The van der Waals surface area contributed by atoms with E-state index in [0.29, 0.717) is 41.3 Å². The molecule has 0 aliphatic rings. The molecule has 0 saturated carbocycles. The van der Waals surface area contributed by atoms with Crippen LogP contribution in [0.2, 0.25) is 10.0 Å². The molecule has 3 nitrogen and oxygen atoms in total. The van der Waals surface area contributed by atoms with Gasteiger partial charge in [0.05, 0.1) is 6.61 Å². The van der Waals surface area contributed by atoms with E-state index >= 15 is 0 Å². The highest BCUT2D eigenvalue weighted by atomic mass is 35.5. The Labute approximate surface area is 160 Å². The maximum atomic E-state index is 6.44. The molecule has 0 atom stereocenters. The number of hydrogen-bond acceptors (Lipinski definition) is 3. The smallest absolute Gasteiger partial charge is 0.163 e. The maximum absolute atomic E-state index is 6.44. The SMILES string of the molecule is CCOc1cc(CNC(C)(C)C)c(Cl)cc1OCc1ccccc1Cl. The normalized spacial score (nSPS) is 11.4. The van der Waals surface area contributed by atoms with E-state index in [0.717, 1.165) is 11.1 Å². The number of halogens is 2. The summed E-state index contributed by atoms with van der Waals surface area (Å²) in [6, 6.07) is 11.4. The zero-order chi connectivity index (χ0) is 18.4. The molecule has 0 amide bonds. The van der Waals surface area contributed by atoms with Crippen molar-refractivity contribution in [1.82, 2.24) is 5.32 Å². The summed E-state index contributed by atoms with van der Waals surface area (Å²) in [7, 11) is 0. The van der Waals surface area contributed by atoms with Crippen LogP contribution in [0.5, 0.6) is 11.5 Å². The summed E-state index contributed by atoms with van der Waals surface area (Å²) in [5, 5.41) is 4.76. The molecule has 0 aromatic heterocycles. The Kier molecular flexibility index (Phi) is 7.00. The highest BCUT2D eigenvalue weighted by molar-refractivity contribution is 6.31. The van der Waals surface area contributed by atoms with Crippen molar-refractivity contribution < 1.29 is 9.47 Å². The number of rotatable bonds is 7. The van der Waals surface area contributed by atoms with Crippen LogP contribution < -0.4 is 14.8 Å². The lowest BCUT2D eigenvalue weighted by molar-refractivity contribution is 0.269. The molecule has 0 unspecified atom stereocenters.